The zero-order valence-electron chi connectivity index (χ0n) is 12.6. The number of hydrogen-bond donors (Lipinski definition) is 3. The van der Waals surface area contributed by atoms with Crippen LogP contribution in [0.1, 0.15) is 38.8 Å². The van der Waals surface area contributed by atoms with Gasteiger partial charge < -0.3 is 15.3 Å². The van der Waals surface area contributed by atoms with Crippen molar-refractivity contribution >= 4 is 12.0 Å². The number of urea groups is 1. The van der Waals surface area contributed by atoms with E-state index in [1.807, 2.05) is 20.8 Å². The lowest BCUT2D eigenvalue weighted by molar-refractivity contribution is -0.150. The average Bonchev–Trinajstić information content (AvgIpc) is 3.09. The summed E-state index contributed by atoms with van der Waals surface area (Å²) in [6.07, 6.45) is 3.88. The number of hydrogen-bond acceptors (Lipinski definition) is 3. The minimum absolute atomic E-state index is 0.0147. The van der Waals surface area contributed by atoms with Gasteiger partial charge in [0.15, 0.2) is 0 Å². The maximum absolute atomic E-state index is 12.3. The molecule has 0 aromatic carbocycles. The van der Waals surface area contributed by atoms with E-state index in [9.17, 15) is 14.7 Å². The van der Waals surface area contributed by atoms with Crippen molar-refractivity contribution in [3.63, 3.8) is 0 Å². The van der Waals surface area contributed by atoms with E-state index in [4.69, 9.17) is 0 Å². The molecule has 3 N–H and O–H groups in total. The van der Waals surface area contributed by atoms with Gasteiger partial charge in [0, 0.05) is 24.8 Å². The number of carbonyl (C=O) groups excluding carboxylic acids is 1. The fraction of sp³-hybridized carbons (Fsp3) is 0.643. The second kappa shape index (κ2) is 5.75. The Hall–Kier alpha value is -2.05. The van der Waals surface area contributed by atoms with Gasteiger partial charge in [-0.05, 0) is 19.3 Å². The number of aromatic nitrogens is 2. The zero-order valence-corrected chi connectivity index (χ0v) is 12.6. The molecule has 0 spiro atoms. The van der Waals surface area contributed by atoms with Gasteiger partial charge in [0.05, 0.1) is 17.7 Å². The minimum atomic E-state index is -0.837. The molecule has 0 aliphatic carbocycles. The standard InChI is InChI=1S/C14H22N4O3/c1-9(2)14(12(19)20)4-5-18(8-14)13(21)17-10(3)11-6-15-16-7-11/h6-7,9-10H,4-5,8H2,1-3H3,(H,15,16)(H,17,21)(H,19,20). The van der Waals surface area contributed by atoms with Crippen molar-refractivity contribution in [2.24, 2.45) is 11.3 Å². The molecule has 7 nitrogen and oxygen atoms in total. The first-order chi connectivity index (χ1) is 9.86. The molecule has 0 saturated carbocycles. The molecule has 1 aliphatic rings. The number of nitrogens with zero attached hydrogens (tertiary/aromatic N) is 2. The number of aliphatic carboxylic acids is 1. The Bertz CT molecular complexity index is 514. The van der Waals surface area contributed by atoms with Crippen LogP contribution in [-0.2, 0) is 4.79 Å². The number of likely N-dealkylation sites (tertiary alicyclic amines) is 1. The van der Waals surface area contributed by atoms with Crippen LogP contribution in [0.15, 0.2) is 12.4 Å². The Morgan fingerprint density at radius 3 is 2.67 bits per heavy atom. The Morgan fingerprint density at radius 2 is 2.19 bits per heavy atom. The van der Waals surface area contributed by atoms with Crippen LogP contribution < -0.4 is 5.32 Å². The average molecular weight is 294 g/mol. The maximum Gasteiger partial charge on any atom is 0.317 e. The van der Waals surface area contributed by atoms with Gasteiger partial charge in [0.1, 0.15) is 0 Å². The highest BCUT2D eigenvalue weighted by Crippen LogP contribution is 2.38. The van der Waals surface area contributed by atoms with Gasteiger partial charge in [0.25, 0.3) is 0 Å². The van der Waals surface area contributed by atoms with Crippen molar-refractivity contribution in [3.05, 3.63) is 18.0 Å². The van der Waals surface area contributed by atoms with E-state index in [1.54, 1.807) is 17.3 Å². The molecule has 116 valence electrons. The molecule has 7 heteroatoms. The summed E-state index contributed by atoms with van der Waals surface area (Å²) in [5.41, 5.74) is 0.0480. The molecule has 1 aromatic rings. The predicted octanol–water partition coefficient (Wildman–Crippen LogP) is 1.61. The van der Waals surface area contributed by atoms with E-state index in [-0.39, 0.29) is 24.5 Å². The largest absolute Gasteiger partial charge is 0.481 e. The zero-order chi connectivity index (χ0) is 15.6. The summed E-state index contributed by atoms with van der Waals surface area (Å²) in [6, 6.07) is -0.400. The van der Waals surface area contributed by atoms with E-state index in [2.05, 4.69) is 15.5 Å². The molecular weight excluding hydrogens is 272 g/mol. The summed E-state index contributed by atoms with van der Waals surface area (Å²) in [7, 11) is 0. The first-order valence-corrected chi connectivity index (χ1v) is 7.14. The summed E-state index contributed by atoms with van der Waals surface area (Å²) >= 11 is 0. The number of carboxylic acids is 1. The van der Waals surface area contributed by atoms with Gasteiger partial charge in [-0.25, -0.2) is 4.79 Å². The Kier molecular flexibility index (Phi) is 4.20. The van der Waals surface area contributed by atoms with Crippen molar-refractivity contribution in [1.29, 1.82) is 0 Å². The molecule has 21 heavy (non-hydrogen) atoms. The van der Waals surface area contributed by atoms with E-state index in [0.717, 1.165) is 5.56 Å². The van der Waals surface area contributed by atoms with Gasteiger partial charge in [-0.1, -0.05) is 13.8 Å². The lowest BCUT2D eigenvalue weighted by Gasteiger charge is -2.29. The lowest BCUT2D eigenvalue weighted by Crippen LogP contribution is -2.44. The van der Waals surface area contributed by atoms with E-state index in [0.29, 0.717) is 13.0 Å². The maximum atomic E-state index is 12.3. The lowest BCUT2D eigenvalue weighted by atomic mass is 9.76. The quantitative estimate of drug-likeness (QED) is 0.785. The number of carbonyl (C=O) groups is 2. The molecule has 2 amide bonds. The molecule has 1 aromatic heterocycles. The summed E-state index contributed by atoms with van der Waals surface area (Å²) < 4.78 is 0. The molecule has 0 bridgehead atoms. The van der Waals surface area contributed by atoms with Crippen LogP contribution in [-0.4, -0.2) is 45.3 Å². The molecule has 1 saturated heterocycles. The van der Waals surface area contributed by atoms with Gasteiger partial charge >= 0.3 is 12.0 Å². The van der Waals surface area contributed by atoms with Crippen LogP contribution in [0.2, 0.25) is 0 Å². The number of nitrogens with one attached hydrogen (secondary N) is 2. The normalized spacial score (nSPS) is 23.3. The predicted molar refractivity (Wildman–Crippen MR) is 76.6 cm³/mol. The third-order valence-corrected chi connectivity index (χ3v) is 4.48. The molecule has 1 fully saturated rings. The Morgan fingerprint density at radius 1 is 1.48 bits per heavy atom. The molecule has 0 radical (unpaired) electrons. The van der Waals surface area contributed by atoms with Crippen LogP contribution in [0.4, 0.5) is 4.79 Å². The van der Waals surface area contributed by atoms with E-state index < -0.39 is 11.4 Å². The highest BCUT2D eigenvalue weighted by atomic mass is 16.4. The third kappa shape index (κ3) is 2.86. The first-order valence-electron chi connectivity index (χ1n) is 7.14. The SMILES string of the molecule is CC(NC(=O)N1CCC(C(=O)O)(C(C)C)C1)c1cn[nH]c1. The number of amides is 2. The smallest absolute Gasteiger partial charge is 0.317 e. The number of carboxylic acid groups (broad SMARTS) is 1. The minimum Gasteiger partial charge on any atom is -0.481 e. The first kappa shape index (κ1) is 15.3. The van der Waals surface area contributed by atoms with Gasteiger partial charge in [0.2, 0.25) is 0 Å². The highest BCUT2D eigenvalue weighted by Gasteiger charge is 2.48. The summed E-state index contributed by atoms with van der Waals surface area (Å²) in [4.78, 5) is 25.4. The number of rotatable bonds is 4. The van der Waals surface area contributed by atoms with Gasteiger partial charge in [-0.2, -0.15) is 5.10 Å². The number of H-pyrrole nitrogens is 1. The summed E-state index contributed by atoms with van der Waals surface area (Å²) in [6.45, 7) is 6.37. The highest BCUT2D eigenvalue weighted by molar-refractivity contribution is 5.80. The number of aromatic amines is 1. The van der Waals surface area contributed by atoms with Crippen LogP contribution >= 0.6 is 0 Å². The van der Waals surface area contributed by atoms with Crippen molar-refractivity contribution in [2.75, 3.05) is 13.1 Å². The molecule has 2 atom stereocenters. The fourth-order valence-electron chi connectivity index (χ4n) is 2.76. The van der Waals surface area contributed by atoms with Crippen LogP contribution in [0, 0.1) is 11.3 Å². The molecular formula is C14H22N4O3. The third-order valence-electron chi connectivity index (χ3n) is 4.48. The Balaban J connectivity index is 2.00. The summed E-state index contributed by atoms with van der Waals surface area (Å²) in [5, 5.41) is 18.9. The van der Waals surface area contributed by atoms with E-state index in [1.165, 1.54) is 0 Å². The van der Waals surface area contributed by atoms with Crippen molar-refractivity contribution in [2.45, 2.75) is 33.2 Å². The van der Waals surface area contributed by atoms with Gasteiger partial charge in [-0.3, -0.25) is 9.89 Å². The molecule has 2 rings (SSSR count). The Labute approximate surface area is 123 Å². The van der Waals surface area contributed by atoms with E-state index >= 15 is 0 Å². The second-order valence-corrected chi connectivity index (χ2v) is 5.99. The monoisotopic (exact) mass is 294 g/mol. The molecule has 1 aliphatic heterocycles. The second-order valence-electron chi connectivity index (χ2n) is 5.99. The van der Waals surface area contributed by atoms with Gasteiger partial charge in [-0.15, -0.1) is 0 Å². The van der Waals surface area contributed by atoms with Crippen LogP contribution in [0.3, 0.4) is 0 Å². The topological polar surface area (TPSA) is 98.3 Å². The molecule has 2 unspecified atom stereocenters. The van der Waals surface area contributed by atoms with Crippen molar-refractivity contribution in [1.82, 2.24) is 20.4 Å². The van der Waals surface area contributed by atoms with Crippen molar-refractivity contribution in [3.8, 4) is 0 Å². The molecule has 2 heterocycles. The fourth-order valence-corrected chi connectivity index (χ4v) is 2.76. The van der Waals surface area contributed by atoms with Crippen molar-refractivity contribution < 1.29 is 14.7 Å². The van der Waals surface area contributed by atoms with Crippen LogP contribution in [0.25, 0.3) is 0 Å². The van der Waals surface area contributed by atoms with Crippen LogP contribution in [0.5, 0.6) is 0 Å². The summed E-state index contributed by atoms with van der Waals surface area (Å²) in [5.74, 6) is -0.838.